The molecule has 1 aromatic heterocycles. The van der Waals surface area contributed by atoms with E-state index in [1.807, 2.05) is 6.92 Å². The second kappa shape index (κ2) is 5.55. The summed E-state index contributed by atoms with van der Waals surface area (Å²) >= 11 is 0. The number of imide groups is 1. The first-order valence-corrected chi connectivity index (χ1v) is 5.98. The summed E-state index contributed by atoms with van der Waals surface area (Å²) in [7, 11) is 0. The maximum absolute atomic E-state index is 11.9. The van der Waals surface area contributed by atoms with Crippen molar-refractivity contribution in [1.29, 1.82) is 0 Å². The summed E-state index contributed by atoms with van der Waals surface area (Å²) in [5.41, 5.74) is 0. The van der Waals surface area contributed by atoms with Crippen molar-refractivity contribution in [1.82, 2.24) is 16.0 Å². The van der Waals surface area contributed by atoms with Gasteiger partial charge >= 0.3 is 6.03 Å². The van der Waals surface area contributed by atoms with Gasteiger partial charge in [-0.05, 0) is 25.5 Å². The molecular formula is C12H15N3O4. The highest BCUT2D eigenvalue weighted by atomic mass is 16.3. The van der Waals surface area contributed by atoms with Gasteiger partial charge in [-0.1, -0.05) is 0 Å². The minimum absolute atomic E-state index is 0.136. The zero-order chi connectivity index (χ0) is 13.8. The molecule has 1 aliphatic heterocycles. The van der Waals surface area contributed by atoms with Gasteiger partial charge in [-0.25, -0.2) is 4.79 Å². The van der Waals surface area contributed by atoms with Crippen LogP contribution in [0.2, 0.25) is 0 Å². The highest BCUT2D eigenvalue weighted by molar-refractivity contribution is 5.98. The molecule has 0 unspecified atom stereocenters. The van der Waals surface area contributed by atoms with Crippen molar-refractivity contribution < 1.29 is 18.8 Å². The van der Waals surface area contributed by atoms with Crippen LogP contribution in [0, 0.1) is 6.92 Å². The first-order valence-electron chi connectivity index (χ1n) is 5.98. The molecule has 7 nitrogen and oxygen atoms in total. The van der Waals surface area contributed by atoms with Gasteiger partial charge in [-0.3, -0.25) is 14.9 Å². The van der Waals surface area contributed by atoms with Gasteiger partial charge in [0.2, 0.25) is 11.8 Å². The number of amides is 4. The lowest BCUT2D eigenvalue weighted by Gasteiger charge is -2.14. The minimum atomic E-state index is -0.706. The average molecular weight is 265 g/mol. The largest absolute Gasteiger partial charge is 0.465 e. The van der Waals surface area contributed by atoms with Crippen LogP contribution < -0.4 is 16.0 Å². The van der Waals surface area contributed by atoms with E-state index in [0.717, 1.165) is 5.76 Å². The van der Waals surface area contributed by atoms with Crippen LogP contribution in [0.4, 0.5) is 4.79 Å². The molecule has 1 saturated heterocycles. The molecule has 4 amide bonds. The molecular weight excluding hydrogens is 250 g/mol. The van der Waals surface area contributed by atoms with Crippen LogP contribution in [0.25, 0.3) is 0 Å². The molecule has 102 valence electrons. The third-order valence-electron chi connectivity index (χ3n) is 2.77. The fourth-order valence-electron chi connectivity index (χ4n) is 1.81. The summed E-state index contributed by atoms with van der Waals surface area (Å²) in [6.07, 6.45) is 0.414. The number of hydrogen-bond donors (Lipinski definition) is 3. The number of rotatable bonds is 3. The Labute approximate surface area is 109 Å². The first kappa shape index (κ1) is 13.1. The van der Waals surface area contributed by atoms with Crippen molar-refractivity contribution in [2.75, 3.05) is 0 Å². The average Bonchev–Trinajstić information content (AvgIpc) is 2.68. The molecule has 1 aliphatic rings. The first-order chi connectivity index (χ1) is 9.04. The van der Waals surface area contributed by atoms with E-state index in [1.54, 1.807) is 12.1 Å². The Morgan fingerprint density at radius 3 is 2.95 bits per heavy atom. The lowest BCUT2D eigenvalue weighted by atomic mass is 10.1. The fraction of sp³-hybridized carbons (Fsp3) is 0.417. The number of aryl methyl sites for hydroxylation is 1. The molecule has 7 heteroatoms. The van der Waals surface area contributed by atoms with Crippen LogP contribution in [-0.2, 0) is 16.1 Å². The lowest BCUT2D eigenvalue weighted by molar-refractivity contribution is -0.123. The molecule has 0 radical (unpaired) electrons. The van der Waals surface area contributed by atoms with Crippen molar-refractivity contribution in [3.8, 4) is 0 Å². The summed E-state index contributed by atoms with van der Waals surface area (Å²) < 4.78 is 5.32. The van der Waals surface area contributed by atoms with E-state index in [-0.39, 0.29) is 31.2 Å². The summed E-state index contributed by atoms with van der Waals surface area (Å²) in [5.74, 6) is 0.690. The van der Waals surface area contributed by atoms with E-state index >= 15 is 0 Å². The normalized spacial score (nSPS) is 19.3. The lowest BCUT2D eigenvalue weighted by Crippen LogP contribution is -2.48. The topological polar surface area (TPSA) is 100 Å². The molecule has 0 aliphatic carbocycles. The predicted octanol–water partition coefficient (Wildman–Crippen LogP) is 0.192. The maximum atomic E-state index is 11.9. The molecule has 1 aromatic rings. The Morgan fingerprint density at radius 2 is 2.26 bits per heavy atom. The number of furan rings is 1. The van der Waals surface area contributed by atoms with Crippen molar-refractivity contribution in [2.45, 2.75) is 32.4 Å². The number of nitrogens with one attached hydrogen (secondary N) is 3. The van der Waals surface area contributed by atoms with Crippen LogP contribution in [0.15, 0.2) is 16.5 Å². The predicted molar refractivity (Wildman–Crippen MR) is 65.0 cm³/mol. The third kappa shape index (κ3) is 3.57. The quantitative estimate of drug-likeness (QED) is 0.726. The summed E-state index contributed by atoms with van der Waals surface area (Å²) in [6, 6.07) is 2.23. The summed E-state index contributed by atoms with van der Waals surface area (Å²) in [4.78, 5) is 34.2. The molecule has 3 N–H and O–H groups in total. The number of urea groups is 1. The van der Waals surface area contributed by atoms with E-state index in [1.165, 1.54) is 0 Å². The van der Waals surface area contributed by atoms with Crippen molar-refractivity contribution >= 4 is 17.8 Å². The molecule has 19 heavy (non-hydrogen) atoms. The molecule has 2 heterocycles. The molecule has 1 atom stereocenters. The third-order valence-corrected chi connectivity index (χ3v) is 2.77. The zero-order valence-corrected chi connectivity index (χ0v) is 10.5. The van der Waals surface area contributed by atoms with E-state index in [0.29, 0.717) is 5.76 Å². The monoisotopic (exact) mass is 265 g/mol. The zero-order valence-electron chi connectivity index (χ0n) is 10.5. The van der Waals surface area contributed by atoms with Crippen molar-refractivity contribution in [3.63, 3.8) is 0 Å². The highest BCUT2D eigenvalue weighted by Crippen LogP contribution is 2.06. The Bertz CT molecular complexity index is 509. The second-order valence-electron chi connectivity index (χ2n) is 4.34. The molecule has 0 bridgehead atoms. The van der Waals surface area contributed by atoms with Gasteiger partial charge in [0.05, 0.1) is 6.54 Å². The van der Waals surface area contributed by atoms with Crippen LogP contribution in [0.1, 0.15) is 24.4 Å². The Morgan fingerprint density at radius 1 is 1.47 bits per heavy atom. The Hall–Kier alpha value is -2.31. The van der Waals surface area contributed by atoms with Gasteiger partial charge in [0.1, 0.15) is 17.6 Å². The number of carbonyl (C=O) groups is 3. The summed E-state index contributed by atoms with van der Waals surface area (Å²) in [5, 5.41) is 7.21. The Kier molecular flexibility index (Phi) is 3.84. The van der Waals surface area contributed by atoms with Crippen LogP contribution in [0.5, 0.6) is 0 Å². The van der Waals surface area contributed by atoms with E-state index < -0.39 is 12.1 Å². The number of hydrogen-bond acceptors (Lipinski definition) is 4. The minimum Gasteiger partial charge on any atom is -0.465 e. The maximum Gasteiger partial charge on any atom is 0.322 e. The van der Waals surface area contributed by atoms with Gasteiger partial charge in [0, 0.05) is 6.42 Å². The van der Waals surface area contributed by atoms with Crippen LogP contribution in [-0.4, -0.2) is 23.9 Å². The van der Waals surface area contributed by atoms with E-state index in [9.17, 15) is 14.4 Å². The van der Waals surface area contributed by atoms with Gasteiger partial charge in [0.25, 0.3) is 0 Å². The second-order valence-corrected chi connectivity index (χ2v) is 4.34. The standard InChI is InChI=1S/C12H15N3O4/c1-7-2-3-8(19-7)6-13-11(17)9-4-5-10(16)15-12(18)14-9/h2-3,9H,4-6H2,1H3,(H,13,17)(H2,14,15,16,18)/t9-/m1/s1. The Balaban J connectivity index is 1.88. The van der Waals surface area contributed by atoms with Gasteiger partial charge in [0.15, 0.2) is 0 Å². The van der Waals surface area contributed by atoms with Crippen LogP contribution >= 0.6 is 0 Å². The SMILES string of the molecule is Cc1ccc(CNC(=O)[C@H]2CCC(=O)NC(=O)N2)o1. The van der Waals surface area contributed by atoms with Gasteiger partial charge in [-0.15, -0.1) is 0 Å². The van der Waals surface area contributed by atoms with Crippen LogP contribution in [0.3, 0.4) is 0 Å². The van der Waals surface area contributed by atoms with E-state index in [4.69, 9.17) is 4.42 Å². The van der Waals surface area contributed by atoms with Crippen molar-refractivity contribution in [3.05, 3.63) is 23.7 Å². The molecule has 2 rings (SSSR count). The highest BCUT2D eigenvalue weighted by Gasteiger charge is 2.25. The van der Waals surface area contributed by atoms with Crippen molar-refractivity contribution in [2.24, 2.45) is 0 Å². The summed E-state index contributed by atoms with van der Waals surface area (Å²) in [6.45, 7) is 2.06. The molecule has 0 spiro atoms. The number of carbonyl (C=O) groups excluding carboxylic acids is 3. The molecule has 1 fully saturated rings. The van der Waals surface area contributed by atoms with E-state index in [2.05, 4.69) is 16.0 Å². The smallest absolute Gasteiger partial charge is 0.322 e. The van der Waals surface area contributed by atoms with Gasteiger partial charge in [-0.2, -0.15) is 0 Å². The molecule has 0 saturated carbocycles. The van der Waals surface area contributed by atoms with Gasteiger partial charge < -0.3 is 15.1 Å². The fourth-order valence-corrected chi connectivity index (χ4v) is 1.81. The molecule has 0 aromatic carbocycles.